The third-order valence-electron chi connectivity index (χ3n) is 3.05. The van der Waals surface area contributed by atoms with Crippen LogP contribution in [-0.4, -0.2) is 5.91 Å². The molecule has 2 rings (SSSR count). The Hall–Kier alpha value is -2.29. The Morgan fingerprint density at radius 3 is 2.63 bits per heavy atom. The van der Waals surface area contributed by atoms with Gasteiger partial charge in [0.1, 0.15) is 0 Å². The SMILES string of the molecule is CC1=CC(C)C=C(c2ccccc2C(=O)N=O)C=C1. The fourth-order valence-corrected chi connectivity index (χ4v) is 2.23. The maximum Gasteiger partial charge on any atom is 0.317 e. The van der Waals surface area contributed by atoms with Crippen LogP contribution in [-0.2, 0) is 0 Å². The van der Waals surface area contributed by atoms with Crippen molar-refractivity contribution in [3.8, 4) is 0 Å². The molecule has 0 fully saturated rings. The molecule has 1 aromatic carbocycles. The van der Waals surface area contributed by atoms with Gasteiger partial charge in [-0.3, -0.25) is 4.79 Å². The van der Waals surface area contributed by atoms with E-state index in [2.05, 4.69) is 24.3 Å². The first kappa shape index (κ1) is 13.1. The van der Waals surface area contributed by atoms with E-state index in [1.54, 1.807) is 12.1 Å². The molecule has 0 saturated carbocycles. The summed E-state index contributed by atoms with van der Waals surface area (Å²) in [6.07, 6.45) is 8.19. The molecule has 0 aliphatic heterocycles. The van der Waals surface area contributed by atoms with E-state index >= 15 is 0 Å². The average molecular weight is 253 g/mol. The molecule has 3 heteroatoms. The number of carbonyl (C=O) groups is 1. The molecule has 0 aromatic heterocycles. The summed E-state index contributed by atoms with van der Waals surface area (Å²) in [5, 5.41) is 2.52. The van der Waals surface area contributed by atoms with Crippen LogP contribution in [0.4, 0.5) is 0 Å². The van der Waals surface area contributed by atoms with E-state index < -0.39 is 5.91 Å². The van der Waals surface area contributed by atoms with Gasteiger partial charge in [-0.25, -0.2) is 0 Å². The maximum absolute atomic E-state index is 11.6. The fourth-order valence-electron chi connectivity index (χ4n) is 2.23. The zero-order valence-corrected chi connectivity index (χ0v) is 11.0. The van der Waals surface area contributed by atoms with E-state index in [1.165, 1.54) is 5.57 Å². The average Bonchev–Trinajstić information content (AvgIpc) is 2.58. The number of allylic oxidation sites excluding steroid dienone is 6. The summed E-state index contributed by atoms with van der Waals surface area (Å²) in [7, 11) is 0. The van der Waals surface area contributed by atoms with Crippen molar-refractivity contribution in [2.75, 3.05) is 0 Å². The van der Waals surface area contributed by atoms with Gasteiger partial charge in [0.15, 0.2) is 0 Å². The molecule has 0 heterocycles. The Balaban J connectivity index is 2.51. The highest BCUT2D eigenvalue weighted by atomic mass is 16.3. The molecule has 1 unspecified atom stereocenters. The first-order chi connectivity index (χ1) is 9.11. The third kappa shape index (κ3) is 2.94. The Labute approximate surface area is 112 Å². The minimum Gasteiger partial charge on any atom is -0.263 e. The van der Waals surface area contributed by atoms with Crippen molar-refractivity contribution >= 4 is 11.5 Å². The van der Waals surface area contributed by atoms with E-state index in [0.29, 0.717) is 5.56 Å². The Bertz CT molecular complexity index is 609. The number of nitroso groups, excluding NO2 is 1. The summed E-state index contributed by atoms with van der Waals surface area (Å²) in [5.74, 6) is -0.455. The molecule has 3 nitrogen and oxygen atoms in total. The Kier molecular flexibility index (Phi) is 3.85. The van der Waals surface area contributed by atoms with Gasteiger partial charge in [0.2, 0.25) is 0 Å². The van der Waals surface area contributed by atoms with E-state index in [0.717, 1.165) is 11.1 Å². The molecule has 1 aromatic rings. The van der Waals surface area contributed by atoms with E-state index in [-0.39, 0.29) is 5.92 Å². The van der Waals surface area contributed by atoms with Crippen LogP contribution in [0.3, 0.4) is 0 Å². The van der Waals surface area contributed by atoms with Crippen LogP contribution in [0, 0.1) is 10.8 Å². The number of benzene rings is 1. The lowest BCUT2D eigenvalue weighted by molar-refractivity contribution is 0.100. The number of nitrogens with zero attached hydrogens (tertiary/aromatic N) is 1. The summed E-state index contributed by atoms with van der Waals surface area (Å²) in [5.41, 5.74) is 3.21. The molecule has 96 valence electrons. The zero-order chi connectivity index (χ0) is 13.8. The lowest BCUT2D eigenvalue weighted by Crippen LogP contribution is -1.99. The topological polar surface area (TPSA) is 46.5 Å². The monoisotopic (exact) mass is 253 g/mol. The van der Waals surface area contributed by atoms with Crippen molar-refractivity contribution in [2.24, 2.45) is 11.1 Å². The predicted molar refractivity (Wildman–Crippen MR) is 76.6 cm³/mol. The van der Waals surface area contributed by atoms with Crippen LogP contribution in [0.1, 0.15) is 29.8 Å². The normalized spacial score (nSPS) is 18.3. The highest BCUT2D eigenvalue weighted by Crippen LogP contribution is 2.26. The van der Waals surface area contributed by atoms with Gasteiger partial charge in [-0.15, -0.1) is 4.91 Å². The summed E-state index contributed by atoms with van der Waals surface area (Å²) in [6.45, 7) is 4.12. The van der Waals surface area contributed by atoms with E-state index in [1.807, 2.05) is 31.2 Å². The van der Waals surface area contributed by atoms with Gasteiger partial charge < -0.3 is 0 Å². The number of hydrogen-bond acceptors (Lipinski definition) is 2. The summed E-state index contributed by atoms with van der Waals surface area (Å²) >= 11 is 0. The summed E-state index contributed by atoms with van der Waals surface area (Å²) in [4.78, 5) is 22.0. The molecule has 0 spiro atoms. The molecule has 1 aliphatic rings. The van der Waals surface area contributed by atoms with Crippen LogP contribution in [0.2, 0.25) is 0 Å². The predicted octanol–water partition coefficient (Wildman–Crippen LogP) is 4.13. The molecule has 0 saturated heterocycles. The van der Waals surface area contributed by atoms with Crippen LogP contribution in [0.15, 0.2) is 59.3 Å². The van der Waals surface area contributed by atoms with Gasteiger partial charge >= 0.3 is 5.91 Å². The molecule has 1 atom stereocenters. The van der Waals surface area contributed by atoms with Crippen molar-refractivity contribution in [1.29, 1.82) is 0 Å². The van der Waals surface area contributed by atoms with Gasteiger partial charge in [-0.1, -0.05) is 55.0 Å². The second kappa shape index (κ2) is 5.57. The minimum absolute atomic E-state index is 0.275. The smallest absolute Gasteiger partial charge is 0.263 e. The Morgan fingerprint density at radius 1 is 1.16 bits per heavy atom. The van der Waals surface area contributed by atoms with E-state index in [4.69, 9.17) is 0 Å². The van der Waals surface area contributed by atoms with Crippen molar-refractivity contribution in [3.05, 3.63) is 70.2 Å². The molecule has 0 radical (unpaired) electrons. The molecular weight excluding hydrogens is 238 g/mol. The minimum atomic E-state index is -0.730. The third-order valence-corrected chi connectivity index (χ3v) is 3.05. The van der Waals surface area contributed by atoms with Crippen molar-refractivity contribution in [1.82, 2.24) is 0 Å². The van der Waals surface area contributed by atoms with Gasteiger partial charge in [0, 0.05) is 5.18 Å². The lowest BCUT2D eigenvalue weighted by Gasteiger charge is -2.07. The second-order valence-electron chi connectivity index (χ2n) is 4.67. The number of carbonyl (C=O) groups excluding carboxylic acids is 1. The molecule has 19 heavy (non-hydrogen) atoms. The molecule has 1 aliphatic carbocycles. The first-order valence-electron chi connectivity index (χ1n) is 6.17. The standard InChI is InChI=1S/C16H15NO2/c1-11-7-8-13(10-12(2)9-11)14-5-3-4-6-15(14)16(18)17-19/h3-10,12H,1-2H3. The van der Waals surface area contributed by atoms with E-state index in [9.17, 15) is 9.70 Å². The maximum atomic E-state index is 11.6. The van der Waals surface area contributed by atoms with Crippen molar-refractivity contribution in [2.45, 2.75) is 13.8 Å². The van der Waals surface area contributed by atoms with Crippen molar-refractivity contribution in [3.63, 3.8) is 0 Å². The van der Waals surface area contributed by atoms with Crippen molar-refractivity contribution < 1.29 is 4.79 Å². The van der Waals surface area contributed by atoms with Gasteiger partial charge in [-0.05, 0) is 30.0 Å². The van der Waals surface area contributed by atoms with Gasteiger partial charge in [0.25, 0.3) is 0 Å². The van der Waals surface area contributed by atoms with Gasteiger partial charge in [0.05, 0.1) is 5.56 Å². The second-order valence-corrected chi connectivity index (χ2v) is 4.67. The van der Waals surface area contributed by atoms with Crippen LogP contribution in [0.25, 0.3) is 5.57 Å². The number of rotatable bonds is 2. The lowest BCUT2D eigenvalue weighted by atomic mass is 9.96. The molecular formula is C16H15NO2. The summed E-state index contributed by atoms with van der Waals surface area (Å²) in [6, 6.07) is 7.04. The zero-order valence-electron chi connectivity index (χ0n) is 11.0. The fraction of sp³-hybridized carbons (Fsp3) is 0.188. The first-order valence-corrected chi connectivity index (χ1v) is 6.17. The molecule has 1 amide bonds. The number of amides is 1. The van der Waals surface area contributed by atoms with Crippen LogP contribution < -0.4 is 0 Å². The highest BCUT2D eigenvalue weighted by Gasteiger charge is 2.14. The number of hydrogen-bond donors (Lipinski definition) is 0. The van der Waals surface area contributed by atoms with Gasteiger partial charge in [-0.2, -0.15) is 0 Å². The molecule has 0 N–H and O–H groups in total. The quantitative estimate of drug-likeness (QED) is 0.744. The summed E-state index contributed by atoms with van der Waals surface area (Å²) < 4.78 is 0. The van der Waals surface area contributed by atoms with Crippen LogP contribution >= 0.6 is 0 Å². The highest BCUT2D eigenvalue weighted by molar-refractivity contribution is 6.00. The largest absolute Gasteiger partial charge is 0.317 e. The van der Waals surface area contributed by atoms with Crippen LogP contribution in [0.5, 0.6) is 0 Å². The molecule has 0 bridgehead atoms. The Morgan fingerprint density at radius 2 is 1.89 bits per heavy atom.